The smallest absolute Gasteiger partial charge is 0.266 e. The molecule has 0 saturated carbocycles. The van der Waals surface area contributed by atoms with E-state index in [1.165, 1.54) is 6.08 Å². The van der Waals surface area contributed by atoms with Gasteiger partial charge in [-0.05, 0) is 29.8 Å². The summed E-state index contributed by atoms with van der Waals surface area (Å²) < 4.78 is 10.7. The number of hydrogen-bond donors (Lipinski definition) is 1. The first-order chi connectivity index (χ1) is 16.6. The molecule has 0 radical (unpaired) electrons. The van der Waals surface area contributed by atoms with Gasteiger partial charge in [0.05, 0.1) is 17.9 Å². The van der Waals surface area contributed by atoms with Gasteiger partial charge < -0.3 is 14.4 Å². The van der Waals surface area contributed by atoms with Gasteiger partial charge in [-0.1, -0.05) is 60.7 Å². The van der Waals surface area contributed by atoms with Crippen LogP contribution in [0.2, 0.25) is 0 Å². The minimum absolute atomic E-state index is 0.0345. The maximum absolute atomic E-state index is 13.2. The fraction of sp³-hybridized carbons (Fsp3) is 0.148. The van der Waals surface area contributed by atoms with Crippen molar-refractivity contribution in [2.75, 3.05) is 25.3 Å². The van der Waals surface area contributed by atoms with E-state index in [4.69, 9.17) is 14.5 Å². The molecule has 1 atom stereocenters. The summed E-state index contributed by atoms with van der Waals surface area (Å²) in [7, 11) is 1.72. The molecule has 0 aromatic heterocycles. The lowest BCUT2D eigenvalue weighted by molar-refractivity contribution is -0.120. The first kappa shape index (κ1) is 21.6. The predicted octanol–water partition coefficient (Wildman–Crippen LogP) is 3.43. The lowest BCUT2D eigenvalue weighted by Crippen LogP contribution is -2.45. The summed E-state index contributed by atoms with van der Waals surface area (Å²) in [5.41, 5.74) is 4.06. The molecule has 7 nitrogen and oxygen atoms in total. The van der Waals surface area contributed by atoms with E-state index in [0.29, 0.717) is 17.2 Å². The van der Waals surface area contributed by atoms with Crippen molar-refractivity contribution in [1.82, 2.24) is 5.32 Å². The molecular formula is C27H23N3O4. The first-order valence-electron chi connectivity index (χ1n) is 10.9. The number of carbonyl (C=O) groups excluding carboxylic acids is 2. The van der Waals surface area contributed by atoms with Crippen LogP contribution in [-0.4, -0.2) is 44.0 Å². The number of benzodiazepines with no additional fused rings is 1. The molecular weight excluding hydrogens is 430 g/mol. The molecule has 0 saturated heterocycles. The monoisotopic (exact) mass is 453 g/mol. The van der Waals surface area contributed by atoms with E-state index in [1.807, 2.05) is 72.8 Å². The average molecular weight is 453 g/mol. The van der Waals surface area contributed by atoms with Crippen LogP contribution >= 0.6 is 0 Å². The number of fused-ring (bicyclic) bond motifs is 2. The Kier molecular flexibility index (Phi) is 5.93. The summed E-state index contributed by atoms with van der Waals surface area (Å²) in [5, 5.41) is 3.03. The Bertz CT molecular complexity index is 1300. The number of rotatable bonds is 6. The number of ether oxygens (including phenoxy) is 2. The maximum atomic E-state index is 13.2. The van der Waals surface area contributed by atoms with E-state index in [1.54, 1.807) is 18.0 Å². The summed E-state index contributed by atoms with van der Waals surface area (Å²) in [6.07, 6.45) is 2.29. The van der Waals surface area contributed by atoms with Crippen molar-refractivity contribution in [3.63, 3.8) is 0 Å². The summed E-state index contributed by atoms with van der Waals surface area (Å²) in [4.78, 5) is 32.1. The quantitative estimate of drug-likeness (QED) is 0.579. The van der Waals surface area contributed by atoms with Gasteiger partial charge in [0.2, 0.25) is 6.79 Å². The van der Waals surface area contributed by atoms with Gasteiger partial charge in [0.1, 0.15) is 0 Å². The SMILES string of the molecule is CN1C(=O)C(NCC(=O)/C=C/c2ccc3c(c2)OCO3)N=C(c2ccccc2)c2ccccc21. The van der Waals surface area contributed by atoms with Gasteiger partial charge in [0.25, 0.3) is 5.91 Å². The largest absolute Gasteiger partial charge is 0.454 e. The molecule has 2 aliphatic rings. The lowest BCUT2D eigenvalue weighted by Gasteiger charge is -2.20. The maximum Gasteiger partial charge on any atom is 0.266 e. The number of hydrogen-bond acceptors (Lipinski definition) is 6. The first-order valence-corrected chi connectivity index (χ1v) is 10.9. The highest BCUT2D eigenvalue weighted by molar-refractivity contribution is 6.20. The highest BCUT2D eigenvalue weighted by atomic mass is 16.7. The number of ketones is 1. The Morgan fingerprint density at radius 2 is 1.82 bits per heavy atom. The molecule has 170 valence electrons. The molecule has 5 rings (SSSR count). The molecule has 3 aromatic carbocycles. The van der Waals surface area contributed by atoms with Crippen LogP contribution in [0.15, 0.2) is 83.9 Å². The fourth-order valence-corrected chi connectivity index (χ4v) is 3.94. The van der Waals surface area contributed by atoms with Gasteiger partial charge in [0, 0.05) is 18.2 Å². The normalized spacial score (nSPS) is 16.9. The topological polar surface area (TPSA) is 80.2 Å². The van der Waals surface area contributed by atoms with Crippen LogP contribution < -0.4 is 19.7 Å². The van der Waals surface area contributed by atoms with Crippen LogP contribution in [0.25, 0.3) is 6.08 Å². The van der Waals surface area contributed by atoms with Crippen molar-refractivity contribution in [3.8, 4) is 11.5 Å². The number of para-hydroxylation sites is 1. The average Bonchev–Trinajstić information content (AvgIpc) is 3.31. The summed E-state index contributed by atoms with van der Waals surface area (Å²) in [5.74, 6) is 0.939. The molecule has 7 heteroatoms. The van der Waals surface area contributed by atoms with E-state index in [-0.39, 0.29) is 25.0 Å². The Morgan fingerprint density at radius 1 is 1.06 bits per heavy atom. The third kappa shape index (κ3) is 4.33. The zero-order chi connectivity index (χ0) is 23.5. The Balaban J connectivity index is 1.35. The number of benzene rings is 3. The molecule has 0 spiro atoms. The van der Waals surface area contributed by atoms with E-state index in [9.17, 15) is 9.59 Å². The van der Waals surface area contributed by atoms with Crippen molar-refractivity contribution in [2.24, 2.45) is 4.99 Å². The van der Waals surface area contributed by atoms with Crippen molar-refractivity contribution < 1.29 is 19.1 Å². The molecule has 1 amide bonds. The molecule has 34 heavy (non-hydrogen) atoms. The molecule has 2 aliphatic heterocycles. The third-order valence-corrected chi connectivity index (χ3v) is 5.72. The number of amides is 1. The predicted molar refractivity (Wildman–Crippen MR) is 130 cm³/mol. The molecule has 2 heterocycles. The van der Waals surface area contributed by atoms with Crippen LogP contribution in [0.5, 0.6) is 11.5 Å². The Morgan fingerprint density at radius 3 is 2.68 bits per heavy atom. The summed E-state index contributed by atoms with van der Waals surface area (Å²) in [6.45, 7) is 0.164. The zero-order valence-corrected chi connectivity index (χ0v) is 18.6. The second-order valence-electron chi connectivity index (χ2n) is 7.95. The second kappa shape index (κ2) is 9.33. The number of nitrogens with zero attached hydrogens (tertiary/aromatic N) is 2. The Labute approximate surface area is 197 Å². The van der Waals surface area contributed by atoms with Crippen LogP contribution in [-0.2, 0) is 9.59 Å². The van der Waals surface area contributed by atoms with Crippen molar-refractivity contribution in [3.05, 3.63) is 95.6 Å². The number of aliphatic imine (C=N–C) groups is 1. The van der Waals surface area contributed by atoms with Gasteiger partial charge in [-0.25, -0.2) is 0 Å². The van der Waals surface area contributed by atoms with E-state index < -0.39 is 6.17 Å². The second-order valence-corrected chi connectivity index (χ2v) is 7.95. The molecule has 0 fully saturated rings. The summed E-state index contributed by atoms with van der Waals surface area (Å²) in [6, 6.07) is 22.9. The van der Waals surface area contributed by atoms with E-state index >= 15 is 0 Å². The van der Waals surface area contributed by atoms with E-state index in [0.717, 1.165) is 22.4 Å². The highest BCUT2D eigenvalue weighted by Gasteiger charge is 2.29. The van der Waals surface area contributed by atoms with Gasteiger partial charge in [0.15, 0.2) is 23.4 Å². The van der Waals surface area contributed by atoms with Crippen molar-refractivity contribution in [2.45, 2.75) is 6.17 Å². The zero-order valence-electron chi connectivity index (χ0n) is 18.6. The Hall–Kier alpha value is -4.23. The fourth-order valence-electron chi connectivity index (χ4n) is 3.94. The molecule has 0 bridgehead atoms. The minimum atomic E-state index is -0.893. The lowest BCUT2D eigenvalue weighted by atomic mass is 10.0. The third-order valence-electron chi connectivity index (χ3n) is 5.72. The van der Waals surface area contributed by atoms with Gasteiger partial charge in [-0.2, -0.15) is 0 Å². The number of nitrogens with one attached hydrogen (secondary N) is 1. The van der Waals surface area contributed by atoms with Crippen LogP contribution in [0.4, 0.5) is 5.69 Å². The van der Waals surface area contributed by atoms with Crippen LogP contribution in [0, 0.1) is 0 Å². The number of anilines is 1. The number of carbonyl (C=O) groups is 2. The van der Waals surface area contributed by atoms with Crippen LogP contribution in [0.1, 0.15) is 16.7 Å². The van der Waals surface area contributed by atoms with Crippen LogP contribution in [0.3, 0.4) is 0 Å². The summed E-state index contributed by atoms with van der Waals surface area (Å²) >= 11 is 0. The highest BCUT2D eigenvalue weighted by Crippen LogP contribution is 2.32. The molecule has 1 unspecified atom stereocenters. The molecule has 1 N–H and O–H groups in total. The molecule has 3 aromatic rings. The van der Waals surface area contributed by atoms with E-state index in [2.05, 4.69) is 5.32 Å². The van der Waals surface area contributed by atoms with Crippen molar-refractivity contribution in [1.29, 1.82) is 0 Å². The van der Waals surface area contributed by atoms with Crippen molar-refractivity contribution >= 4 is 29.2 Å². The van der Waals surface area contributed by atoms with Gasteiger partial charge >= 0.3 is 0 Å². The molecule has 0 aliphatic carbocycles. The van der Waals surface area contributed by atoms with Gasteiger partial charge in [-0.3, -0.25) is 19.9 Å². The number of likely N-dealkylation sites (N-methyl/N-ethyl adjacent to an activating group) is 1. The van der Waals surface area contributed by atoms with Gasteiger partial charge in [-0.15, -0.1) is 0 Å². The minimum Gasteiger partial charge on any atom is -0.454 e. The standard InChI is InChI=1S/C27H23N3O4/c1-30-22-10-6-5-9-21(22)25(19-7-3-2-4-8-19)29-26(27(30)32)28-16-20(31)13-11-18-12-14-23-24(15-18)34-17-33-23/h2-15,26,28H,16-17H2,1H3/b13-11+.